The summed E-state index contributed by atoms with van der Waals surface area (Å²) >= 11 is 0. The SMILES string of the molecule is CC(C)(C)c1ccc(Nc2nc(N3CCNCC3)ccc2[N+](=O)[O-])cc1. The van der Waals surface area contributed by atoms with Gasteiger partial charge in [-0.15, -0.1) is 0 Å². The first-order valence-corrected chi connectivity index (χ1v) is 8.83. The van der Waals surface area contributed by atoms with Gasteiger partial charge in [-0.3, -0.25) is 10.1 Å². The van der Waals surface area contributed by atoms with Gasteiger partial charge < -0.3 is 15.5 Å². The van der Waals surface area contributed by atoms with Crippen molar-refractivity contribution in [3.63, 3.8) is 0 Å². The lowest BCUT2D eigenvalue weighted by molar-refractivity contribution is -0.384. The number of pyridine rings is 1. The monoisotopic (exact) mass is 355 g/mol. The van der Waals surface area contributed by atoms with Gasteiger partial charge in [0.2, 0.25) is 5.82 Å². The van der Waals surface area contributed by atoms with E-state index in [9.17, 15) is 10.1 Å². The van der Waals surface area contributed by atoms with Gasteiger partial charge in [-0.25, -0.2) is 4.98 Å². The van der Waals surface area contributed by atoms with Crippen LogP contribution in [0.4, 0.5) is 23.0 Å². The predicted molar refractivity (Wildman–Crippen MR) is 104 cm³/mol. The lowest BCUT2D eigenvalue weighted by atomic mass is 9.87. The number of nitrogens with zero attached hydrogens (tertiary/aromatic N) is 3. The summed E-state index contributed by atoms with van der Waals surface area (Å²) in [5.74, 6) is 1.03. The molecular formula is C19H25N5O2. The van der Waals surface area contributed by atoms with Gasteiger partial charge in [0, 0.05) is 37.9 Å². The Hall–Kier alpha value is -2.67. The van der Waals surface area contributed by atoms with E-state index < -0.39 is 4.92 Å². The van der Waals surface area contributed by atoms with Crippen molar-refractivity contribution >= 4 is 23.0 Å². The van der Waals surface area contributed by atoms with Crippen LogP contribution in [0.2, 0.25) is 0 Å². The smallest absolute Gasteiger partial charge is 0.311 e. The Morgan fingerprint density at radius 3 is 2.35 bits per heavy atom. The fourth-order valence-electron chi connectivity index (χ4n) is 2.94. The van der Waals surface area contributed by atoms with Crippen LogP contribution in [0, 0.1) is 10.1 Å². The predicted octanol–water partition coefficient (Wildman–Crippen LogP) is 3.44. The highest BCUT2D eigenvalue weighted by atomic mass is 16.6. The summed E-state index contributed by atoms with van der Waals surface area (Å²) in [6.07, 6.45) is 0. The molecular weight excluding hydrogens is 330 g/mol. The molecule has 0 spiro atoms. The molecule has 0 amide bonds. The third kappa shape index (κ3) is 4.11. The first-order valence-electron chi connectivity index (χ1n) is 8.83. The second kappa shape index (κ2) is 7.29. The molecule has 0 bridgehead atoms. The van der Waals surface area contributed by atoms with E-state index in [0.717, 1.165) is 37.7 Å². The second-order valence-corrected chi connectivity index (χ2v) is 7.48. The van der Waals surface area contributed by atoms with Gasteiger partial charge in [0.15, 0.2) is 0 Å². The molecule has 1 aromatic carbocycles. The molecule has 0 radical (unpaired) electrons. The minimum atomic E-state index is -0.402. The maximum Gasteiger partial charge on any atom is 0.311 e. The Balaban J connectivity index is 1.88. The molecule has 7 nitrogen and oxygen atoms in total. The number of rotatable bonds is 4. The highest BCUT2D eigenvalue weighted by Crippen LogP contribution is 2.30. The Morgan fingerprint density at radius 2 is 1.77 bits per heavy atom. The number of hydrogen-bond donors (Lipinski definition) is 2. The van der Waals surface area contributed by atoms with Crippen LogP contribution in [0.25, 0.3) is 0 Å². The first kappa shape index (κ1) is 18.1. The quantitative estimate of drug-likeness (QED) is 0.646. The summed E-state index contributed by atoms with van der Waals surface area (Å²) in [4.78, 5) is 17.6. The molecule has 7 heteroatoms. The minimum absolute atomic E-state index is 0.0243. The van der Waals surface area contributed by atoms with Crippen molar-refractivity contribution in [2.24, 2.45) is 0 Å². The average Bonchev–Trinajstić information content (AvgIpc) is 2.62. The van der Waals surface area contributed by atoms with E-state index >= 15 is 0 Å². The third-order valence-corrected chi connectivity index (χ3v) is 4.51. The molecule has 0 saturated carbocycles. The van der Waals surface area contributed by atoms with Crippen LogP contribution in [0.15, 0.2) is 36.4 Å². The van der Waals surface area contributed by atoms with Gasteiger partial charge in [0.05, 0.1) is 4.92 Å². The van der Waals surface area contributed by atoms with E-state index in [1.807, 2.05) is 24.3 Å². The zero-order chi connectivity index (χ0) is 18.7. The lowest BCUT2D eigenvalue weighted by Crippen LogP contribution is -2.43. The van der Waals surface area contributed by atoms with Crippen LogP contribution in [0.5, 0.6) is 0 Å². The summed E-state index contributed by atoms with van der Waals surface area (Å²) in [6, 6.07) is 11.2. The first-order chi connectivity index (χ1) is 12.3. The average molecular weight is 355 g/mol. The van der Waals surface area contributed by atoms with Crippen molar-refractivity contribution in [3.8, 4) is 0 Å². The lowest BCUT2D eigenvalue weighted by Gasteiger charge is -2.28. The summed E-state index contributed by atoms with van der Waals surface area (Å²) < 4.78 is 0. The van der Waals surface area contributed by atoms with Crippen LogP contribution in [0.1, 0.15) is 26.3 Å². The summed E-state index contributed by atoms with van der Waals surface area (Å²) in [7, 11) is 0. The van der Waals surface area contributed by atoms with Crippen molar-refractivity contribution in [1.29, 1.82) is 0 Å². The number of piperazine rings is 1. The van der Waals surface area contributed by atoms with Gasteiger partial charge in [-0.1, -0.05) is 32.9 Å². The van der Waals surface area contributed by atoms with Crippen LogP contribution < -0.4 is 15.5 Å². The molecule has 138 valence electrons. The van der Waals surface area contributed by atoms with E-state index in [1.165, 1.54) is 11.6 Å². The summed E-state index contributed by atoms with van der Waals surface area (Å²) in [6.45, 7) is 9.90. The molecule has 0 aliphatic carbocycles. The van der Waals surface area contributed by atoms with Gasteiger partial charge in [-0.2, -0.15) is 0 Å². The van der Waals surface area contributed by atoms with E-state index in [2.05, 4.69) is 41.3 Å². The molecule has 0 atom stereocenters. The van der Waals surface area contributed by atoms with E-state index in [1.54, 1.807) is 6.07 Å². The van der Waals surface area contributed by atoms with Crippen LogP contribution in [0.3, 0.4) is 0 Å². The zero-order valence-electron chi connectivity index (χ0n) is 15.5. The molecule has 1 fully saturated rings. The Kier molecular flexibility index (Phi) is 5.08. The Bertz CT molecular complexity index is 778. The number of benzene rings is 1. The normalized spacial score (nSPS) is 15.0. The molecule has 0 unspecified atom stereocenters. The number of hydrogen-bond acceptors (Lipinski definition) is 6. The molecule has 26 heavy (non-hydrogen) atoms. The van der Waals surface area contributed by atoms with Crippen molar-refractivity contribution in [2.75, 3.05) is 36.4 Å². The van der Waals surface area contributed by atoms with E-state index in [0.29, 0.717) is 0 Å². The highest BCUT2D eigenvalue weighted by Gasteiger charge is 2.20. The van der Waals surface area contributed by atoms with Gasteiger partial charge in [-0.05, 0) is 29.2 Å². The molecule has 1 aliphatic rings. The number of anilines is 3. The number of aromatic nitrogens is 1. The van der Waals surface area contributed by atoms with Crippen molar-refractivity contribution < 1.29 is 4.92 Å². The highest BCUT2D eigenvalue weighted by molar-refractivity contribution is 5.68. The van der Waals surface area contributed by atoms with E-state index in [4.69, 9.17) is 0 Å². The maximum absolute atomic E-state index is 11.4. The number of nitro groups is 1. The van der Waals surface area contributed by atoms with Crippen molar-refractivity contribution in [1.82, 2.24) is 10.3 Å². The Labute approximate surface area is 153 Å². The minimum Gasteiger partial charge on any atom is -0.354 e. The Morgan fingerprint density at radius 1 is 1.12 bits per heavy atom. The van der Waals surface area contributed by atoms with Crippen molar-refractivity contribution in [3.05, 3.63) is 52.1 Å². The molecule has 3 rings (SSSR count). The fraction of sp³-hybridized carbons (Fsp3) is 0.421. The maximum atomic E-state index is 11.4. The second-order valence-electron chi connectivity index (χ2n) is 7.48. The fourth-order valence-corrected chi connectivity index (χ4v) is 2.94. The van der Waals surface area contributed by atoms with Gasteiger partial charge in [0.25, 0.3) is 0 Å². The van der Waals surface area contributed by atoms with Crippen LogP contribution >= 0.6 is 0 Å². The molecule has 1 saturated heterocycles. The van der Waals surface area contributed by atoms with Gasteiger partial charge >= 0.3 is 5.69 Å². The molecule has 1 aliphatic heterocycles. The summed E-state index contributed by atoms with van der Waals surface area (Å²) in [5.41, 5.74) is 2.03. The third-order valence-electron chi connectivity index (χ3n) is 4.51. The zero-order valence-corrected chi connectivity index (χ0v) is 15.5. The van der Waals surface area contributed by atoms with Crippen LogP contribution in [-0.4, -0.2) is 36.1 Å². The van der Waals surface area contributed by atoms with E-state index in [-0.39, 0.29) is 16.9 Å². The largest absolute Gasteiger partial charge is 0.354 e. The number of nitrogens with one attached hydrogen (secondary N) is 2. The van der Waals surface area contributed by atoms with Gasteiger partial charge in [0.1, 0.15) is 5.82 Å². The molecule has 2 heterocycles. The van der Waals surface area contributed by atoms with Crippen LogP contribution in [-0.2, 0) is 5.41 Å². The van der Waals surface area contributed by atoms with Crippen molar-refractivity contribution in [2.45, 2.75) is 26.2 Å². The molecule has 1 aromatic heterocycles. The topological polar surface area (TPSA) is 83.3 Å². The molecule has 2 aromatic rings. The molecule has 2 N–H and O–H groups in total. The standard InChI is InChI=1S/C19H25N5O2/c1-19(2,3)14-4-6-15(7-5-14)21-18-16(24(25)26)8-9-17(22-18)23-12-10-20-11-13-23/h4-9,20H,10-13H2,1-3H3,(H,21,22). The summed E-state index contributed by atoms with van der Waals surface area (Å²) in [5, 5.41) is 17.8.